The molecule has 0 radical (unpaired) electrons. The van der Waals surface area contributed by atoms with E-state index in [0.717, 1.165) is 17.2 Å². The van der Waals surface area contributed by atoms with Gasteiger partial charge in [-0.2, -0.15) is 18.2 Å². The third kappa shape index (κ3) is 3.71. The number of carbonyl (C=O) groups is 1. The quantitative estimate of drug-likeness (QED) is 0.292. The van der Waals surface area contributed by atoms with Crippen LogP contribution in [0, 0.1) is 0 Å². The first-order valence-electron chi connectivity index (χ1n) is 10.9. The van der Waals surface area contributed by atoms with E-state index in [2.05, 4.69) is 16.0 Å². The number of hydrogen-bond acceptors (Lipinski definition) is 10. The molecule has 6 N–H and O–H groups in total. The van der Waals surface area contributed by atoms with E-state index in [1.807, 2.05) is 0 Å². The molecule has 6 atom stereocenters. The summed E-state index contributed by atoms with van der Waals surface area (Å²) in [6.07, 6.45) is -4.04. The number of rotatable bonds is 3. The van der Waals surface area contributed by atoms with Gasteiger partial charge in [-0.15, -0.1) is 0 Å². The zero-order valence-corrected chi connectivity index (χ0v) is 18.4. The number of nitrogens with zero attached hydrogens (tertiary/aromatic N) is 2. The van der Waals surface area contributed by atoms with Crippen LogP contribution in [0.4, 0.5) is 13.2 Å². The highest BCUT2D eigenvalue weighted by Gasteiger charge is 2.74. The molecule has 4 aliphatic rings. The first-order chi connectivity index (χ1) is 15.5. The number of halogens is 3. The smallest absolute Gasteiger partial charge is 0.412 e. The first kappa shape index (κ1) is 24.5. The lowest BCUT2D eigenvalue weighted by Gasteiger charge is -2.57. The van der Waals surface area contributed by atoms with Crippen LogP contribution >= 0.6 is 0 Å². The van der Waals surface area contributed by atoms with Crippen LogP contribution in [0.25, 0.3) is 0 Å². The van der Waals surface area contributed by atoms with Crippen molar-refractivity contribution in [2.75, 3.05) is 26.6 Å². The molecule has 186 valence electrons. The highest BCUT2D eigenvalue weighted by atomic mass is 19.4. The summed E-state index contributed by atoms with van der Waals surface area (Å²) in [5.74, 6) is -0.812. The van der Waals surface area contributed by atoms with Gasteiger partial charge in [0.1, 0.15) is 17.4 Å². The fourth-order valence-electron chi connectivity index (χ4n) is 5.75. The molecule has 13 heteroatoms. The van der Waals surface area contributed by atoms with Crippen molar-refractivity contribution in [2.24, 2.45) is 0 Å². The number of allylic oxidation sites excluding steroid dienone is 3. The molecule has 0 aromatic rings. The fourth-order valence-corrected chi connectivity index (χ4v) is 5.75. The Hall–Kier alpha value is -1.58. The molecule has 0 bridgehead atoms. The second-order valence-corrected chi connectivity index (χ2v) is 9.11. The summed E-state index contributed by atoms with van der Waals surface area (Å²) in [5.41, 5.74) is -3.92. The van der Waals surface area contributed by atoms with Crippen LogP contribution in [0.3, 0.4) is 0 Å². The van der Waals surface area contributed by atoms with Crippen molar-refractivity contribution in [3.8, 4) is 0 Å². The van der Waals surface area contributed by atoms with Crippen molar-refractivity contribution in [3.63, 3.8) is 0 Å². The highest BCUT2D eigenvalue weighted by Crippen LogP contribution is 2.49. The monoisotopic (exact) mass is 477 g/mol. The Morgan fingerprint density at radius 1 is 1.27 bits per heavy atom. The minimum absolute atomic E-state index is 0.00213. The Morgan fingerprint density at radius 3 is 2.61 bits per heavy atom. The molecule has 0 saturated carbocycles. The zero-order valence-electron chi connectivity index (χ0n) is 18.4. The molecule has 1 spiro atoms. The normalized spacial score (nSPS) is 40.4. The van der Waals surface area contributed by atoms with Crippen molar-refractivity contribution >= 4 is 5.97 Å². The third-order valence-electron chi connectivity index (χ3n) is 7.33. The van der Waals surface area contributed by atoms with E-state index in [9.17, 15) is 33.4 Å². The lowest BCUT2D eigenvalue weighted by molar-refractivity contribution is -0.297. The Bertz CT molecular complexity index is 850. The van der Waals surface area contributed by atoms with E-state index >= 15 is 0 Å². The highest BCUT2D eigenvalue weighted by molar-refractivity contribution is 5.89. The molecule has 33 heavy (non-hydrogen) atoms. The number of alkyl halides is 3. The van der Waals surface area contributed by atoms with Crippen LogP contribution in [0.2, 0.25) is 0 Å². The number of nitrogens with one attached hydrogen (secondary N) is 3. The summed E-state index contributed by atoms with van der Waals surface area (Å²) in [6.45, 7) is 3.41. The molecule has 4 rings (SSSR count). The maximum Gasteiger partial charge on any atom is 0.412 e. The average Bonchev–Trinajstić information content (AvgIpc) is 2.88. The Labute approximate surface area is 189 Å². The van der Waals surface area contributed by atoms with E-state index in [4.69, 9.17) is 4.74 Å². The molecule has 3 fully saturated rings. The van der Waals surface area contributed by atoms with Crippen LogP contribution in [0.15, 0.2) is 23.3 Å². The molecule has 0 aromatic carbocycles. The van der Waals surface area contributed by atoms with Crippen LogP contribution in [0.5, 0.6) is 0 Å². The molecular weight excluding hydrogens is 447 g/mol. The van der Waals surface area contributed by atoms with Gasteiger partial charge in [0, 0.05) is 23.9 Å². The van der Waals surface area contributed by atoms with Gasteiger partial charge in [0.05, 0.1) is 32.0 Å². The predicted octanol–water partition coefficient (Wildman–Crippen LogP) is -0.652. The molecule has 3 aliphatic heterocycles. The van der Waals surface area contributed by atoms with Crippen LogP contribution in [0.1, 0.15) is 26.7 Å². The van der Waals surface area contributed by atoms with Gasteiger partial charge in [0.25, 0.3) is 0 Å². The molecule has 0 aromatic heterocycles. The van der Waals surface area contributed by atoms with E-state index < -0.39 is 53.2 Å². The molecule has 1 aliphatic carbocycles. The fraction of sp³-hybridized carbons (Fsp3) is 0.750. The minimum atomic E-state index is -4.45. The summed E-state index contributed by atoms with van der Waals surface area (Å²) >= 11 is 0. The maximum absolute atomic E-state index is 12.9. The SMILES string of the molecule is CC1C(OC(=O)C2=CC=C(C(F)(F)F)CC2)C(C)(O)C23C(NCNCN2O)C(CO)NCN13. The van der Waals surface area contributed by atoms with Crippen molar-refractivity contribution < 1.29 is 38.1 Å². The second-order valence-electron chi connectivity index (χ2n) is 9.11. The van der Waals surface area contributed by atoms with E-state index in [-0.39, 0.29) is 38.4 Å². The number of carbonyl (C=O) groups excluding carboxylic acids is 1. The number of ether oxygens (including phenoxy) is 1. The summed E-state index contributed by atoms with van der Waals surface area (Å²) in [6, 6.07) is -1.75. The van der Waals surface area contributed by atoms with E-state index in [0.29, 0.717) is 6.67 Å². The minimum Gasteiger partial charge on any atom is -0.454 e. The molecule has 0 amide bonds. The van der Waals surface area contributed by atoms with Crippen LogP contribution in [-0.2, 0) is 9.53 Å². The Kier molecular flexibility index (Phi) is 6.38. The van der Waals surface area contributed by atoms with Crippen molar-refractivity contribution in [2.45, 2.75) is 68.4 Å². The van der Waals surface area contributed by atoms with Gasteiger partial charge in [-0.05, 0) is 26.7 Å². The topological polar surface area (TPSA) is 130 Å². The number of aliphatic hydroxyl groups is 2. The van der Waals surface area contributed by atoms with Crippen LogP contribution < -0.4 is 16.0 Å². The lowest BCUT2D eigenvalue weighted by Crippen LogP contribution is -2.83. The summed E-state index contributed by atoms with van der Waals surface area (Å²) < 4.78 is 44.4. The predicted molar refractivity (Wildman–Crippen MR) is 108 cm³/mol. The maximum atomic E-state index is 12.9. The lowest BCUT2D eigenvalue weighted by atomic mass is 9.77. The van der Waals surface area contributed by atoms with Gasteiger partial charge in [-0.3, -0.25) is 20.9 Å². The summed E-state index contributed by atoms with van der Waals surface area (Å²) in [7, 11) is 0. The number of esters is 1. The van der Waals surface area contributed by atoms with Crippen LogP contribution in [-0.4, -0.2) is 99.6 Å². The van der Waals surface area contributed by atoms with Crippen molar-refractivity contribution in [1.29, 1.82) is 0 Å². The number of hydrogen-bond donors (Lipinski definition) is 6. The summed E-state index contributed by atoms with van der Waals surface area (Å²) in [4.78, 5) is 14.7. The van der Waals surface area contributed by atoms with Crippen molar-refractivity contribution in [1.82, 2.24) is 25.9 Å². The largest absolute Gasteiger partial charge is 0.454 e. The average molecular weight is 477 g/mol. The molecule has 6 unspecified atom stereocenters. The molecule has 3 heterocycles. The second kappa shape index (κ2) is 8.57. The van der Waals surface area contributed by atoms with Gasteiger partial charge in [-0.25, -0.2) is 4.79 Å². The van der Waals surface area contributed by atoms with E-state index in [1.54, 1.807) is 11.8 Å². The first-order valence-corrected chi connectivity index (χ1v) is 10.9. The Balaban J connectivity index is 1.65. The Morgan fingerprint density at radius 2 is 2.00 bits per heavy atom. The van der Waals surface area contributed by atoms with Gasteiger partial charge >= 0.3 is 12.1 Å². The number of aliphatic hydroxyl groups excluding tert-OH is 1. The standard InChI is InChI=1S/C20H30F3N5O5/c1-11-16(33-17(30)12-3-5-13(6-4-12)20(21,22)23)18(2,31)19-15(25-8-24-9-28(19)32)14(7-29)26-10-27(11)19/h3,5,11,14-16,24-26,29,31-32H,4,6-10H2,1-2H3. The molecule has 3 saturated heterocycles. The zero-order chi connectivity index (χ0) is 24.2. The molecular formula is C20H30F3N5O5. The van der Waals surface area contributed by atoms with Gasteiger partial charge in [-0.1, -0.05) is 12.2 Å². The third-order valence-corrected chi connectivity index (χ3v) is 7.33. The number of hydroxylamine groups is 2. The summed E-state index contributed by atoms with van der Waals surface area (Å²) in [5, 5.41) is 43.2. The van der Waals surface area contributed by atoms with Gasteiger partial charge in [0.15, 0.2) is 0 Å². The molecule has 10 nitrogen and oxygen atoms in total. The van der Waals surface area contributed by atoms with Gasteiger partial charge in [0.2, 0.25) is 0 Å². The van der Waals surface area contributed by atoms with E-state index in [1.165, 1.54) is 6.92 Å². The van der Waals surface area contributed by atoms with Gasteiger partial charge < -0.3 is 20.2 Å². The van der Waals surface area contributed by atoms with Crippen molar-refractivity contribution in [3.05, 3.63) is 23.3 Å².